The standard InChI is InChI=1S/C25H26F2N4O3/c1-13-8-19(15(3)28-20-7-5-4-6-18(20)24(33)34)22-29-21(14(2)23(32)31(22)11-13)30-12-16-9-17(30)10-25(16,26)27/h4-8,11,15-17,28H,9-10,12H2,1-3H3,(H,33,34)/t15?,16-,17-/m1/s1. The third-order valence-electron chi connectivity index (χ3n) is 7.08. The Labute approximate surface area is 195 Å². The Hall–Kier alpha value is -3.49. The monoisotopic (exact) mass is 468 g/mol. The van der Waals surface area contributed by atoms with Gasteiger partial charge in [0.25, 0.3) is 11.5 Å². The maximum atomic E-state index is 14.1. The molecular weight excluding hydrogens is 442 g/mol. The number of para-hydroxylation sites is 1. The first-order valence-corrected chi connectivity index (χ1v) is 11.3. The van der Waals surface area contributed by atoms with Crippen molar-refractivity contribution in [3.05, 3.63) is 69.1 Å². The number of alkyl halides is 2. The number of hydrogen-bond donors (Lipinski definition) is 2. The molecule has 1 aliphatic carbocycles. The highest BCUT2D eigenvalue weighted by Crippen LogP contribution is 2.49. The molecule has 1 unspecified atom stereocenters. The second kappa shape index (κ2) is 7.78. The van der Waals surface area contributed by atoms with E-state index < -0.39 is 17.8 Å². The number of fused-ring (bicyclic) bond motifs is 3. The van der Waals surface area contributed by atoms with Gasteiger partial charge in [0.2, 0.25) is 0 Å². The zero-order valence-corrected chi connectivity index (χ0v) is 19.2. The Morgan fingerprint density at radius 1 is 1.29 bits per heavy atom. The number of aromatic nitrogens is 2. The predicted octanol–water partition coefficient (Wildman–Crippen LogP) is 4.42. The smallest absolute Gasteiger partial charge is 0.337 e. The van der Waals surface area contributed by atoms with Crippen LogP contribution in [0.5, 0.6) is 0 Å². The number of halogens is 2. The van der Waals surface area contributed by atoms with Gasteiger partial charge in [0.05, 0.1) is 17.2 Å². The molecule has 1 saturated carbocycles. The number of carboxylic acid groups (broad SMARTS) is 1. The first-order valence-electron chi connectivity index (χ1n) is 11.3. The Kier molecular flexibility index (Phi) is 5.11. The fourth-order valence-corrected chi connectivity index (χ4v) is 5.35. The van der Waals surface area contributed by atoms with Crippen LogP contribution in [0.4, 0.5) is 20.3 Å². The molecule has 2 fully saturated rings. The fraction of sp³-hybridized carbons (Fsp3) is 0.400. The molecule has 3 heterocycles. The van der Waals surface area contributed by atoms with Crippen LogP contribution in [0.25, 0.3) is 5.65 Å². The van der Waals surface area contributed by atoms with E-state index in [4.69, 9.17) is 4.98 Å². The van der Waals surface area contributed by atoms with Gasteiger partial charge in [-0.1, -0.05) is 12.1 Å². The van der Waals surface area contributed by atoms with Gasteiger partial charge in [-0.2, -0.15) is 0 Å². The molecule has 1 aromatic carbocycles. The summed E-state index contributed by atoms with van der Waals surface area (Å²) in [6.07, 6.45) is 1.90. The van der Waals surface area contributed by atoms with E-state index >= 15 is 0 Å². The third-order valence-corrected chi connectivity index (χ3v) is 7.08. The lowest BCUT2D eigenvalue weighted by atomic mass is 10.0. The highest BCUT2D eigenvalue weighted by Gasteiger charge is 2.56. The number of anilines is 2. The van der Waals surface area contributed by atoms with Gasteiger partial charge in [0.15, 0.2) is 0 Å². The molecule has 0 amide bonds. The quantitative estimate of drug-likeness (QED) is 0.577. The van der Waals surface area contributed by atoms with Crippen LogP contribution < -0.4 is 15.8 Å². The zero-order valence-electron chi connectivity index (χ0n) is 19.2. The van der Waals surface area contributed by atoms with Crippen LogP contribution in [-0.4, -0.2) is 39.0 Å². The molecular formula is C25H26F2N4O3. The number of rotatable bonds is 5. The van der Waals surface area contributed by atoms with Crippen molar-refractivity contribution in [2.75, 3.05) is 16.8 Å². The minimum atomic E-state index is -2.67. The summed E-state index contributed by atoms with van der Waals surface area (Å²) in [4.78, 5) is 31.6. The van der Waals surface area contributed by atoms with Crippen molar-refractivity contribution in [3.63, 3.8) is 0 Å². The van der Waals surface area contributed by atoms with Gasteiger partial charge in [-0.15, -0.1) is 0 Å². The number of nitrogens with zero attached hydrogens (tertiary/aromatic N) is 3. The molecule has 2 aromatic heterocycles. The Bertz CT molecular complexity index is 1370. The van der Waals surface area contributed by atoms with Crippen molar-refractivity contribution in [2.45, 2.75) is 51.6 Å². The van der Waals surface area contributed by atoms with Gasteiger partial charge in [-0.25, -0.2) is 18.6 Å². The van der Waals surface area contributed by atoms with Crippen molar-refractivity contribution < 1.29 is 18.7 Å². The van der Waals surface area contributed by atoms with Crippen molar-refractivity contribution in [1.29, 1.82) is 0 Å². The average molecular weight is 469 g/mol. The van der Waals surface area contributed by atoms with E-state index in [-0.39, 0.29) is 36.2 Å². The minimum Gasteiger partial charge on any atom is -0.478 e. The van der Waals surface area contributed by atoms with E-state index in [0.29, 0.717) is 34.7 Å². The van der Waals surface area contributed by atoms with E-state index in [9.17, 15) is 23.5 Å². The molecule has 1 saturated heterocycles. The summed E-state index contributed by atoms with van der Waals surface area (Å²) in [6.45, 7) is 5.62. The minimum absolute atomic E-state index is 0.141. The number of piperidine rings is 1. The molecule has 2 aliphatic rings. The van der Waals surface area contributed by atoms with Gasteiger partial charge in [0, 0.05) is 42.4 Å². The first-order chi connectivity index (χ1) is 16.1. The third kappa shape index (κ3) is 3.50. The van der Waals surface area contributed by atoms with Crippen molar-refractivity contribution >= 4 is 23.1 Å². The summed E-state index contributed by atoms with van der Waals surface area (Å²) in [7, 11) is 0. The highest BCUT2D eigenvalue weighted by atomic mass is 19.3. The largest absolute Gasteiger partial charge is 0.478 e. The van der Waals surface area contributed by atoms with Gasteiger partial charge in [-0.05, 0) is 51.0 Å². The fourth-order valence-electron chi connectivity index (χ4n) is 5.35. The SMILES string of the molecule is Cc1cc(C(C)Nc2ccccc2C(=O)O)c2nc(N3C[C@H]4C[C@@H]3CC4(F)F)c(C)c(=O)n2c1. The number of carboxylic acids is 1. The van der Waals surface area contributed by atoms with Crippen LogP contribution in [0.1, 0.15) is 52.9 Å². The summed E-state index contributed by atoms with van der Waals surface area (Å²) in [5.41, 5.74) is 2.78. The molecule has 7 nitrogen and oxygen atoms in total. The summed E-state index contributed by atoms with van der Waals surface area (Å²) in [6, 6.07) is 7.81. The molecule has 2 bridgehead atoms. The summed E-state index contributed by atoms with van der Waals surface area (Å²) in [5, 5.41) is 12.8. The van der Waals surface area contributed by atoms with Gasteiger partial charge >= 0.3 is 5.97 Å². The Morgan fingerprint density at radius 3 is 2.68 bits per heavy atom. The number of aromatic carboxylic acids is 1. The van der Waals surface area contributed by atoms with Crippen LogP contribution in [0, 0.1) is 19.8 Å². The van der Waals surface area contributed by atoms with Crippen LogP contribution in [0.3, 0.4) is 0 Å². The van der Waals surface area contributed by atoms with Crippen LogP contribution in [0.15, 0.2) is 41.3 Å². The molecule has 34 heavy (non-hydrogen) atoms. The second-order valence-corrected chi connectivity index (χ2v) is 9.45. The van der Waals surface area contributed by atoms with Crippen LogP contribution in [-0.2, 0) is 0 Å². The van der Waals surface area contributed by atoms with Crippen molar-refractivity contribution in [3.8, 4) is 0 Å². The predicted molar refractivity (Wildman–Crippen MR) is 125 cm³/mol. The topological polar surface area (TPSA) is 86.9 Å². The zero-order chi connectivity index (χ0) is 24.4. The van der Waals surface area contributed by atoms with E-state index in [0.717, 1.165) is 5.56 Å². The molecule has 9 heteroatoms. The van der Waals surface area contributed by atoms with Crippen LogP contribution in [0.2, 0.25) is 0 Å². The summed E-state index contributed by atoms with van der Waals surface area (Å²) < 4.78 is 29.7. The highest BCUT2D eigenvalue weighted by molar-refractivity contribution is 5.94. The number of nitrogens with one attached hydrogen (secondary N) is 1. The second-order valence-electron chi connectivity index (χ2n) is 9.45. The molecule has 3 aromatic rings. The molecule has 3 atom stereocenters. The lowest BCUT2D eigenvalue weighted by Gasteiger charge is -2.33. The molecule has 5 rings (SSSR count). The summed E-state index contributed by atoms with van der Waals surface area (Å²) in [5.74, 6) is -3.98. The molecule has 0 spiro atoms. The number of carbonyl (C=O) groups is 1. The van der Waals surface area contributed by atoms with E-state index in [1.54, 1.807) is 31.3 Å². The molecule has 2 N–H and O–H groups in total. The van der Waals surface area contributed by atoms with Crippen molar-refractivity contribution in [1.82, 2.24) is 9.38 Å². The molecule has 178 valence electrons. The van der Waals surface area contributed by atoms with Crippen LogP contribution >= 0.6 is 0 Å². The van der Waals surface area contributed by atoms with Crippen molar-refractivity contribution in [2.24, 2.45) is 5.92 Å². The Morgan fingerprint density at radius 2 is 2.03 bits per heavy atom. The Balaban J connectivity index is 1.60. The summed E-state index contributed by atoms with van der Waals surface area (Å²) >= 11 is 0. The average Bonchev–Trinajstić information content (AvgIpc) is 3.32. The van der Waals surface area contributed by atoms with E-state index in [1.807, 2.05) is 24.8 Å². The number of hydrogen-bond acceptors (Lipinski definition) is 5. The lowest BCUT2D eigenvalue weighted by Crippen LogP contribution is -2.42. The number of benzene rings is 1. The normalized spacial score (nSPS) is 21.7. The number of pyridine rings is 1. The lowest BCUT2D eigenvalue weighted by molar-refractivity contribution is -0.0411. The maximum Gasteiger partial charge on any atom is 0.337 e. The van der Waals surface area contributed by atoms with Gasteiger partial charge < -0.3 is 15.3 Å². The first kappa shape index (κ1) is 22.3. The molecule has 0 radical (unpaired) electrons. The van der Waals surface area contributed by atoms with E-state index in [1.165, 1.54) is 10.5 Å². The van der Waals surface area contributed by atoms with Gasteiger partial charge in [0.1, 0.15) is 11.5 Å². The number of aryl methyl sites for hydroxylation is 1. The van der Waals surface area contributed by atoms with E-state index in [2.05, 4.69) is 5.32 Å². The molecule has 1 aliphatic heterocycles. The maximum absolute atomic E-state index is 14.1. The van der Waals surface area contributed by atoms with Gasteiger partial charge in [-0.3, -0.25) is 9.20 Å².